The van der Waals surface area contributed by atoms with Gasteiger partial charge in [-0.15, -0.1) is 0 Å². The van der Waals surface area contributed by atoms with E-state index < -0.39 is 0 Å². The van der Waals surface area contributed by atoms with Crippen molar-refractivity contribution in [3.63, 3.8) is 0 Å². The van der Waals surface area contributed by atoms with Crippen molar-refractivity contribution in [2.45, 2.75) is 20.0 Å². The number of aromatic nitrogens is 2. The lowest BCUT2D eigenvalue weighted by Crippen LogP contribution is -2.13. The van der Waals surface area contributed by atoms with Crippen molar-refractivity contribution in [1.82, 2.24) is 15.3 Å². The zero-order chi connectivity index (χ0) is 12.8. The van der Waals surface area contributed by atoms with Gasteiger partial charge in [-0.05, 0) is 17.7 Å². The quantitative estimate of drug-likeness (QED) is 0.749. The molecule has 0 aliphatic rings. The number of rotatable bonds is 5. The Morgan fingerprint density at radius 2 is 2.06 bits per heavy atom. The maximum atomic E-state index is 10.9. The Labute approximate surface area is 106 Å². The van der Waals surface area contributed by atoms with Crippen LogP contribution in [0.2, 0.25) is 0 Å². The Hall–Kier alpha value is -2.14. The van der Waals surface area contributed by atoms with E-state index in [1.54, 1.807) is 12.5 Å². The van der Waals surface area contributed by atoms with Crippen molar-refractivity contribution in [2.24, 2.45) is 0 Å². The lowest BCUT2D eigenvalue weighted by molar-refractivity contribution is -0.114. The second-order valence-electron chi connectivity index (χ2n) is 4.06. The Bertz CT molecular complexity index is 490. The Balaban J connectivity index is 1.81. The zero-order valence-electron chi connectivity index (χ0n) is 10.2. The van der Waals surface area contributed by atoms with Crippen LogP contribution in [-0.4, -0.2) is 15.9 Å². The summed E-state index contributed by atoms with van der Waals surface area (Å²) in [4.78, 5) is 17.9. The van der Waals surface area contributed by atoms with Crippen molar-refractivity contribution in [3.8, 4) is 0 Å². The van der Waals surface area contributed by atoms with Gasteiger partial charge in [-0.1, -0.05) is 12.1 Å². The van der Waals surface area contributed by atoms with Crippen LogP contribution in [0.3, 0.4) is 0 Å². The van der Waals surface area contributed by atoms with Gasteiger partial charge in [0.25, 0.3) is 0 Å². The lowest BCUT2D eigenvalue weighted by Gasteiger charge is -2.05. The van der Waals surface area contributed by atoms with Crippen LogP contribution in [0.4, 0.5) is 5.69 Å². The molecule has 2 aromatic rings. The predicted octanol–water partition coefficient (Wildman–Crippen LogP) is 1.66. The third-order valence-electron chi connectivity index (χ3n) is 2.47. The number of hydrogen-bond donors (Lipinski definition) is 3. The van der Waals surface area contributed by atoms with E-state index in [0.29, 0.717) is 0 Å². The molecule has 0 spiro atoms. The highest BCUT2D eigenvalue weighted by atomic mass is 16.1. The van der Waals surface area contributed by atoms with Crippen LogP contribution in [-0.2, 0) is 17.9 Å². The number of hydrogen-bond acceptors (Lipinski definition) is 3. The molecule has 0 aliphatic heterocycles. The molecule has 18 heavy (non-hydrogen) atoms. The summed E-state index contributed by atoms with van der Waals surface area (Å²) in [5, 5.41) is 6.04. The van der Waals surface area contributed by atoms with Crippen LogP contribution >= 0.6 is 0 Å². The third-order valence-corrected chi connectivity index (χ3v) is 2.47. The van der Waals surface area contributed by atoms with Gasteiger partial charge in [0.15, 0.2) is 0 Å². The van der Waals surface area contributed by atoms with Gasteiger partial charge in [-0.25, -0.2) is 4.98 Å². The van der Waals surface area contributed by atoms with Crippen molar-refractivity contribution in [2.75, 3.05) is 5.32 Å². The molecule has 0 bridgehead atoms. The fourth-order valence-electron chi connectivity index (χ4n) is 1.63. The van der Waals surface area contributed by atoms with E-state index in [1.165, 1.54) is 12.5 Å². The normalized spacial score (nSPS) is 10.3. The zero-order valence-corrected chi connectivity index (χ0v) is 10.2. The summed E-state index contributed by atoms with van der Waals surface area (Å²) in [6, 6.07) is 7.78. The van der Waals surface area contributed by atoms with Gasteiger partial charge >= 0.3 is 0 Å². The molecule has 1 heterocycles. The molecular weight excluding hydrogens is 228 g/mol. The molecule has 94 valence electrons. The number of anilines is 1. The standard InChI is InChI=1S/C13H16N4O/c1-10(18)17-12-4-2-11(3-5-12)6-14-7-13-8-15-9-16-13/h2-5,8-9,14H,6-7H2,1H3,(H,15,16)(H,17,18). The van der Waals surface area contributed by atoms with Crippen LogP contribution in [0, 0.1) is 0 Å². The van der Waals surface area contributed by atoms with Crippen LogP contribution in [0.5, 0.6) is 0 Å². The summed E-state index contributed by atoms with van der Waals surface area (Å²) in [5.41, 5.74) is 3.05. The first-order valence-corrected chi connectivity index (χ1v) is 5.78. The molecule has 3 N–H and O–H groups in total. The summed E-state index contributed by atoms with van der Waals surface area (Å²) in [5.74, 6) is -0.0554. The van der Waals surface area contributed by atoms with Gasteiger partial charge in [-0.3, -0.25) is 4.79 Å². The molecule has 1 amide bonds. The number of amides is 1. The molecule has 0 aliphatic carbocycles. The number of aromatic amines is 1. The SMILES string of the molecule is CC(=O)Nc1ccc(CNCc2cnc[nH]2)cc1. The molecule has 0 saturated heterocycles. The number of nitrogens with zero attached hydrogens (tertiary/aromatic N) is 1. The minimum atomic E-state index is -0.0554. The fourth-order valence-corrected chi connectivity index (χ4v) is 1.63. The molecular formula is C13H16N4O. The van der Waals surface area contributed by atoms with E-state index in [2.05, 4.69) is 20.6 Å². The van der Waals surface area contributed by atoms with Gasteiger partial charge in [-0.2, -0.15) is 0 Å². The number of carbonyl (C=O) groups excluding carboxylic acids is 1. The van der Waals surface area contributed by atoms with Crippen molar-refractivity contribution >= 4 is 11.6 Å². The third kappa shape index (κ3) is 3.71. The maximum absolute atomic E-state index is 10.9. The molecule has 5 nitrogen and oxygen atoms in total. The first kappa shape index (κ1) is 12.3. The van der Waals surface area contributed by atoms with E-state index in [9.17, 15) is 4.79 Å². The molecule has 0 unspecified atom stereocenters. The molecule has 1 aromatic heterocycles. The van der Waals surface area contributed by atoms with E-state index in [0.717, 1.165) is 24.5 Å². The van der Waals surface area contributed by atoms with E-state index in [-0.39, 0.29) is 5.91 Å². The van der Waals surface area contributed by atoms with E-state index in [1.807, 2.05) is 24.3 Å². The fraction of sp³-hybridized carbons (Fsp3) is 0.231. The predicted molar refractivity (Wildman–Crippen MR) is 69.9 cm³/mol. The van der Waals surface area contributed by atoms with E-state index in [4.69, 9.17) is 0 Å². The minimum absolute atomic E-state index is 0.0554. The van der Waals surface area contributed by atoms with Gasteiger partial charge < -0.3 is 15.6 Å². The topological polar surface area (TPSA) is 69.8 Å². The van der Waals surface area contributed by atoms with Crippen molar-refractivity contribution in [1.29, 1.82) is 0 Å². The summed E-state index contributed by atoms with van der Waals surface area (Å²) < 4.78 is 0. The molecule has 0 saturated carbocycles. The first-order valence-electron chi connectivity index (χ1n) is 5.78. The molecule has 0 radical (unpaired) electrons. The number of benzene rings is 1. The largest absolute Gasteiger partial charge is 0.347 e. The summed E-state index contributed by atoms with van der Waals surface area (Å²) in [6.07, 6.45) is 3.46. The van der Waals surface area contributed by atoms with E-state index >= 15 is 0 Å². The van der Waals surface area contributed by atoms with Crippen molar-refractivity contribution in [3.05, 3.63) is 48.0 Å². The van der Waals surface area contributed by atoms with Gasteiger partial charge in [0, 0.05) is 37.6 Å². The molecule has 5 heteroatoms. The minimum Gasteiger partial charge on any atom is -0.347 e. The smallest absolute Gasteiger partial charge is 0.221 e. The average Bonchev–Trinajstić information content (AvgIpc) is 2.84. The Morgan fingerprint density at radius 3 is 2.67 bits per heavy atom. The summed E-state index contributed by atoms with van der Waals surface area (Å²) in [6.45, 7) is 3.03. The van der Waals surface area contributed by atoms with Crippen molar-refractivity contribution < 1.29 is 4.79 Å². The number of imidazole rings is 1. The lowest BCUT2D eigenvalue weighted by atomic mass is 10.2. The highest BCUT2D eigenvalue weighted by molar-refractivity contribution is 5.88. The van der Waals surface area contributed by atoms with Crippen LogP contribution in [0.15, 0.2) is 36.8 Å². The monoisotopic (exact) mass is 244 g/mol. The van der Waals surface area contributed by atoms with Crippen LogP contribution < -0.4 is 10.6 Å². The van der Waals surface area contributed by atoms with Crippen LogP contribution in [0.1, 0.15) is 18.2 Å². The van der Waals surface area contributed by atoms with Gasteiger partial charge in [0.2, 0.25) is 5.91 Å². The summed E-state index contributed by atoms with van der Waals surface area (Å²) in [7, 11) is 0. The molecule has 2 rings (SSSR count). The summed E-state index contributed by atoms with van der Waals surface area (Å²) >= 11 is 0. The Kier molecular flexibility index (Phi) is 4.09. The average molecular weight is 244 g/mol. The Morgan fingerprint density at radius 1 is 1.28 bits per heavy atom. The molecule has 0 fully saturated rings. The van der Waals surface area contributed by atoms with Gasteiger partial charge in [0.1, 0.15) is 0 Å². The second-order valence-corrected chi connectivity index (χ2v) is 4.06. The maximum Gasteiger partial charge on any atom is 0.221 e. The number of H-pyrrole nitrogens is 1. The van der Waals surface area contributed by atoms with Crippen LogP contribution in [0.25, 0.3) is 0 Å². The van der Waals surface area contributed by atoms with Gasteiger partial charge in [0.05, 0.1) is 6.33 Å². The molecule has 1 aromatic carbocycles. The highest BCUT2D eigenvalue weighted by Gasteiger charge is 1.97. The molecule has 0 atom stereocenters. The first-order chi connectivity index (χ1) is 8.74. The second kappa shape index (κ2) is 5.97. The number of carbonyl (C=O) groups is 1. The number of nitrogens with one attached hydrogen (secondary N) is 3. The highest BCUT2D eigenvalue weighted by Crippen LogP contribution is 2.09.